The number of carbonyl (C=O) groups excluding carboxylic acids is 1. The van der Waals surface area contributed by atoms with E-state index < -0.39 is 6.04 Å². The number of hydrogen-bond acceptors (Lipinski definition) is 3. The molecule has 94 valence electrons. The van der Waals surface area contributed by atoms with Gasteiger partial charge in [0.1, 0.15) is 6.04 Å². The SMILES string of the molecule is CN1CCN(c2cccc(Cl)c2)C(CC#N)C1=O. The third-order valence-electron chi connectivity index (χ3n) is 3.14. The Hall–Kier alpha value is -1.73. The highest BCUT2D eigenvalue weighted by Crippen LogP contribution is 2.25. The number of carbonyl (C=O) groups is 1. The van der Waals surface area contributed by atoms with Crippen LogP contribution >= 0.6 is 11.6 Å². The van der Waals surface area contributed by atoms with E-state index in [4.69, 9.17) is 16.9 Å². The number of halogens is 1. The molecular formula is C13H14ClN3O. The minimum Gasteiger partial charge on any atom is -0.357 e. The molecule has 1 aromatic rings. The maximum Gasteiger partial charge on any atom is 0.246 e. The molecule has 18 heavy (non-hydrogen) atoms. The molecule has 0 radical (unpaired) electrons. The number of amides is 1. The van der Waals surface area contributed by atoms with E-state index in [0.29, 0.717) is 11.6 Å². The van der Waals surface area contributed by atoms with Gasteiger partial charge < -0.3 is 9.80 Å². The summed E-state index contributed by atoms with van der Waals surface area (Å²) < 4.78 is 0. The lowest BCUT2D eigenvalue weighted by Gasteiger charge is -2.39. The van der Waals surface area contributed by atoms with Gasteiger partial charge >= 0.3 is 0 Å². The fourth-order valence-corrected chi connectivity index (χ4v) is 2.34. The molecule has 1 saturated heterocycles. The van der Waals surface area contributed by atoms with Gasteiger partial charge in [0.25, 0.3) is 0 Å². The van der Waals surface area contributed by atoms with Gasteiger partial charge in [-0.05, 0) is 18.2 Å². The Kier molecular flexibility index (Phi) is 3.73. The fraction of sp³-hybridized carbons (Fsp3) is 0.385. The van der Waals surface area contributed by atoms with E-state index in [0.717, 1.165) is 12.2 Å². The van der Waals surface area contributed by atoms with Crippen LogP contribution in [0, 0.1) is 11.3 Å². The van der Waals surface area contributed by atoms with Crippen LogP contribution in [0.15, 0.2) is 24.3 Å². The molecule has 0 bridgehead atoms. The molecule has 0 aromatic heterocycles. The summed E-state index contributed by atoms with van der Waals surface area (Å²) in [7, 11) is 1.77. The molecule has 5 heteroatoms. The van der Waals surface area contributed by atoms with Gasteiger partial charge in [-0.25, -0.2) is 0 Å². The zero-order chi connectivity index (χ0) is 13.1. The smallest absolute Gasteiger partial charge is 0.246 e. The molecule has 1 aliphatic rings. The van der Waals surface area contributed by atoms with E-state index in [2.05, 4.69) is 6.07 Å². The lowest BCUT2D eigenvalue weighted by Crippen LogP contribution is -2.55. The Balaban J connectivity index is 2.30. The Morgan fingerprint density at radius 3 is 2.94 bits per heavy atom. The van der Waals surface area contributed by atoms with Gasteiger partial charge in [-0.1, -0.05) is 17.7 Å². The number of rotatable bonds is 2. The lowest BCUT2D eigenvalue weighted by atomic mass is 10.1. The predicted molar refractivity (Wildman–Crippen MR) is 70.5 cm³/mol. The molecule has 1 amide bonds. The summed E-state index contributed by atoms with van der Waals surface area (Å²) in [5.41, 5.74) is 0.893. The van der Waals surface area contributed by atoms with Crippen LogP contribution in [0.2, 0.25) is 5.02 Å². The standard InChI is InChI=1S/C13H14ClN3O/c1-16-7-8-17(12(5-6-15)13(16)18)11-4-2-3-10(14)9-11/h2-4,9,12H,5,7-8H2,1H3. The second kappa shape index (κ2) is 5.28. The highest BCUT2D eigenvalue weighted by atomic mass is 35.5. The number of likely N-dealkylation sites (N-methyl/N-ethyl adjacent to an activating group) is 1. The molecule has 0 spiro atoms. The molecule has 1 heterocycles. The fourth-order valence-electron chi connectivity index (χ4n) is 2.16. The number of hydrogen-bond donors (Lipinski definition) is 0. The van der Waals surface area contributed by atoms with Crippen LogP contribution < -0.4 is 4.90 Å². The summed E-state index contributed by atoms with van der Waals surface area (Å²) in [5.74, 6) is -0.0113. The van der Waals surface area contributed by atoms with Crippen LogP contribution in [0.5, 0.6) is 0 Å². The molecule has 0 saturated carbocycles. The van der Waals surface area contributed by atoms with E-state index >= 15 is 0 Å². The summed E-state index contributed by atoms with van der Waals surface area (Å²) >= 11 is 5.97. The largest absolute Gasteiger partial charge is 0.357 e. The molecule has 0 N–H and O–H groups in total. The zero-order valence-corrected chi connectivity index (χ0v) is 10.9. The van der Waals surface area contributed by atoms with Crippen molar-refractivity contribution >= 4 is 23.2 Å². The highest BCUT2D eigenvalue weighted by molar-refractivity contribution is 6.30. The number of nitrogens with zero attached hydrogens (tertiary/aromatic N) is 3. The highest BCUT2D eigenvalue weighted by Gasteiger charge is 2.32. The first-order valence-corrected chi connectivity index (χ1v) is 6.15. The van der Waals surface area contributed by atoms with E-state index in [1.165, 1.54) is 0 Å². The van der Waals surface area contributed by atoms with E-state index in [1.807, 2.05) is 23.1 Å². The zero-order valence-electron chi connectivity index (χ0n) is 10.1. The minimum atomic E-state index is -0.410. The summed E-state index contributed by atoms with van der Waals surface area (Å²) in [6, 6.07) is 9.05. The van der Waals surface area contributed by atoms with Gasteiger partial charge in [0.2, 0.25) is 5.91 Å². The van der Waals surface area contributed by atoms with Crippen LogP contribution in [0.1, 0.15) is 6.42 Å². The van der Waals surface area contributed by atoms with Crippen molar-refractivity contribution in [2.75, 3.05) is 25.0 Å². The predicted octanol–water partition coefficient (Wildman–Crippen LogP) is 1.90. The number of nitriles is 1. The average molecular weight is 264 g/mol. The Morgan fingerprint density at radius 2 is 2.28 bits per heavy atom. The van der Waals surface area contributed by atoms with Crippen LogP contribution in [0.4, 0.5) is 5.69 Å². The second-order valence-electron chi connectivity index (χ2n) is 4.31. The average Bonchev–Trinajstić information content (AvgIpc) is 2.35. The van der Waals surface area contributed by atoms with E-state index in [-0.39, 0.29) is 12.3 Å². The quantitative estimate of drug-likeness (QED) is 0.819. The summed E-state index contributed by atoms with van der Waals surface area (Å²) in [6.07, 6.45) is 0.190. The van der Waals surface area contributed by atoms with Gasteiger partial charge in [-0.3, -0.25) is 4.79 Å². The van der Waals surface area contributed by atoms with Crippen LogP contribution in [0.3, 0.4) is 0 Å². The van der Waals surface area contributed by atoms with Crippen molar-refractivity contribution in [2.24, 2.45) is 0 Å². The lowest BCUT2D eigenvalue weighted by molar-refractivity contribution is -0.132. The third-order valence-corrected chi connectivity index (χ3v) is 3.37. The van der Waals surface area contributed by atoms with Gasteiger partial charge in [0.15, 0.2) is 0 Å². The summed E-state index contributed by atoms with van der Waals surface area (Å²) in [4.78, 5) is 15.7. The first kappa shape index (κ1) is 12.7. The molecule has 0 aliphatic carbocycles. The van der Waals surface area contributed by atoms with Crippen molar-refractivity contribution in [1.29, 1.82) is 5.26 Å². The Morgan fingerprint density at radius 1 is 1.50 bits per heavy atom. The van der Waals surface area contributed by atoms with Crippen molar-refractivity contribution in [3.63, 3.8) is 0 Å². The maximum absolute atomic E-state index is 12.1. The van der Waals surface area contributed by atoms with Crippen molar-refractivity contribution in [3.05, 3.63) is 29.3 Å². The van der Waals surface area contributed by atoms with Gasteiger partial charge in [0, 0.05) is 30.8 Å². The molecule has 1 aliphatic heterocycles. The summed E-state index contributed by atoms with van der Waals surface area (Å²) in [6.45, 7) is 1.38. The normalized spacial score (nSPS) is 19.8. The molecule has 1 aromatic carbocycles. The van der Waals surface area contributed by atoms with Crippen LogP contribution in [-0.4, -0.2) is 37.0 Å². The maximum atomic E-state index is 12.1. The Labute approximate surface area is 111 Å². The minimum absolute atomic E-state index is 0.0113. The first-order valence-electron chi connectivity index (χ1n) is 5.77. The van der Waals surface area contributed by atoms with Crippen molar-refractivity contribution < 1.29 is 4.79 Å². The van der Waals surface area contributed by atoms with Crippen molar-refractivity contribution in [2.45, 2.75) is 12.5 Å². The molecule has 2 rings (SSSR count). The Bertz CT molecular complexity index is 497. The molecule has 1 unspecified atom stereocenters. The number of anilines is 1. The van der Waals surface area contributed by atoms with Crippen molar-refractivity contribution in [3.8, 4) is 6.07 Å². The van der Waals surface area contributed by atoms with Crippen molar-refractivity contribution in [1.82, 2.24) is 4.90 Å². The molecular weight excluding hydrogens is 250 g/mol. The van der Waals surface area contributed by atoms with E-state index in [9.17, 15) is 4.79 Å². The van der Waals surface area contributed by atoms with Gasteiger partial charge in [-0.15, -0.1) is 0 Å². The van der Waals surface area contributed by atoms with Crippen LogP contribution in [0.25, 0.3) is 0 Å². The molecule has 4 nitrogen and oxygen atoms in total. The van der Waals surface area contributed by atoms with Gasteiger partial charge in [0.05, 0.1) is 12.5 Å². The van der Waals surface area contributed by atoms with Gasteiger partial charge in [-0.2, -0.15) is 5.26 Å². The first-order chi connectivity index (χ1) is 8.63. The van der Waals surface area contributed by atoms with Crippen LogP contribution in [-0.2, 0) is 4.79 Å². The molecule has 1 fully saturated rings. The third kappa shape index (κ3) is 2.41. The topological polar surface area (TPSA) is 47.3 Å². The van der Waals surface area contributed by atoms with E-state index in [1.54, 1.807) is 18.0 Å². The number of piperazine rings is 1. The monoisotopic (exact) mass is 263 g/mol. The number of benzene rings is 1. The second-order valence-corrected chi connectivity index (χ2v) is 4.75. The molecule has 1 atom stereocenters. The summed E-state index contributed by atoms with van der Waals surface area (Å²) in [5, 5.41) is 9.50.